The molecule has 188 valence electrons. The first-order valence-electron chi connectivity index (χ1n) is 11.1. The molecule has 1 atom stereocenters. The molecule has 1 aliphatic heterocycles. The predicted molar refractivity (Wildman–Crippen MR) is 141 cm³/mol. The Balaban J connectivity index is 1.73. The lowest BCUT2D eigenvalue weighted by atomic mass is 10.0. The molecule has 4 rings (SSSR count). The van der Waals surface area contributed by atoms with Gasteiger partial charge < -0.3 is 14.2 Å². The molecule has 0 fully saturated rings. The van der Waals surface area contributed by atoms with Gasteiger partial charge in [0.05, 0.1) is 33.5 Å². The van der Waals surface area contributed by atoms with Crippen molar-refractivity contribution >= 4 is 56.6 Å². The van der Waals surface area contributed by atoms with Gasteiger partial charge in [-0.25, -0.2) is 14.6 Å². The number of aromatic nitrogens is 1. The summed E-state index contributed by atoms with van der Waals surface area (Å²) in [6.45, 7) is 5.55. The highest BCUT2D eigenvalue weighted by molar-refractivity contribution is 9.10. The van der Waals surface area contributed by atoms with Gasteiger partial charge in [-0.05, 0) is 71.9 Å². The topological polar surface area (TPSA) is 96.2 Å². The smallest absolute Gasteiger partial charge is 0.344 e. The third kappa shape index (κ3) is 5.37. The van der Waals surface area contributed by atoms with E-state index in [2.05, 4.69) is 20.9 Å². The zero-order valence-corrected chi connectivity index (χ0v) is 23.0. The summed E-state index contributed by atoms with van der Waals surface area (Å²) < 4.78 is 18.3. The van der Waals surface area contributed by atoms with E-state index >= 15 is 0 Å². The van der Waals surface area contributed by atoms with Crippen LogP contribution in [-0.2, 0) is 19.1 Å². The third-order valence-electron chi connectivity index (χ3n) is 5.23. The normalized spacial score (nSPS) is 15.3. The molecule has 0 spiro atoms. The van der Waals surface area contributed by atoms with Crippen molar-refractivity contribution in [1.82, 2.24) is 4.57 Å². The number of carbonyl (C=O) groups excluding carboxylic acids is 2. The third-order valence-corrected chi connectivity index (χ3v) is 7.76. The van der Waals surface area contributed by atoms with Gasteiger partial charge in [0.25, 0.3) is 5.56 Å². The van der Waals surface area contributed by atoms with Crippen LogP contribution >= 0.6 is 38.6 Å². The molecular formula is C25H23BrN2O6S2. The van der Waals surface area contributed by atoms with Crippen molar-refractivity contribution in [2.75, 3.05) is 19.8 Å². The molecule has 0 radical (unpaired) electrons. The van der Waals surface area contributed by atoms with Crippen molar-refractivity contribution in [2.24, 2.45) is 4.99 Å². The number of hydrogen-bond acceptors (Lipinski definition) is 9. The number of thiophene rings is 1. The van der Waals surface area contributed by atoms with Crippen LogP contribution in [0, 0.1) is 0 Å². The minimum Gasteiger partial charge on any atom is -0.481 e. The molecule has 0 aliphatic carbocycles. The van der Waals surface area contributed by atoms with Gasteiger partial charge in [-0.1, -0.05) is 23.5 Å². The number of ether oxygens (including phenoxy) is 3. The number of carbonyl (C=O) groups is 2. The number of halogens is 1. The van der Waals surface area contributed by atoms with E-state index < -0.39 is 18.0 Å². The minimum atomic E-state index is -0.604. The maximum atomic E-state index is 13.6. The van der Waals surface area contributed by atoms with E-state index in [-0.39, 0.29) is 25.4 Å². The largest absolute Gasteiger partial charge is 0.481 e. The van der Waals surface area contributed by atoms with Crippen LogP contribution in [0.2, 0.25) is 0 Å². The van der Waals surface area contributed by atoms with E-state index in [1.807, 2.05) is 17.5 Å². The summed E-state index contributed by atoms with van der Waals surface area (Å²) in [6, 6.07) is 8.48. The van der Waals surface area contributed by atoms with Crippen molar-refractivity contribution in [3.8, 4) is 5.75 Å². The highest BCUT2D eigenvalue weighted by atomic mass is 79.9. The number of nitrogens with zero attached hydrogens (tertiary/aromatic N) is 2. The average Bonchev–Trinajstić information content (AvgIpc) is 3.47. The lowest BCUT2D eigenvalue weighted by molar-refractivity contribution is -0.145. The van der Waals surface area contributed by atoms with E-state index in [0.717, 1.165) is 10.4 Å². The second-order valence-electron chi connectivity index (χ2n) is 7.60. The lowest BCUT2D eigenvalue weighted by Crippen LogP contribution is -2.39. The molecule has 1 aliphatic rings. The Morgan fingerprint density at radius 1 is 1.19 bits per heavy atom. The molecule has 11 heteroatoms. The molecule has 0 saturated heterocycles. The number of fused-ring (bicyclic) bond motifs is 1. The average molecular weight is 592 g/mol. The second-order valence-corrected chi connectivity index (χ2v) is 10.4. The summed E-state index contributed by atoms with van der Waals surface area (Å²) in [6.07, 6.45) is 1.76. The van der Waals surface area contributed by atoms with Gasteiger partial charge in [-0.3, -0.25) is 9.36 Å². The Labute approximate surface area is 223 Å². The zero-order valence-electron chi connectivity index (χ0n) is 19.8. The van der Waals surface area contributed by atoms with E-state index in [0.29, 0.717) is 30.8 Å². The Morgan fingerprint density at radius 3 is 2.64 bits per heavy atom. The van der Waals surface area contributed by atoms with Crippen LogP contribution in [0.15, 0.2) is 61.2 Å². The van der Waals surface area contributed by atoms with Crippen LogP contribution in [0.4, 0.5) is 0 Å². The monoisotopic (exact) mass is 590 g/mol. The quantitative estimate of drug-likeness (QED) is 0.372. The lowest BCUT2D eigenvalue weighted by Gasteiger charge is -2.23. The summed E-state index contributed by atoms with van der Waals surface area (Å²) in [4.78, 5) is 43.9. The molecule has 8 nitrogen and oxygen atoms in total. The van der Waals surface area contributed by atoms with Crippen LogP contribution in [0.5, 0.6) is 5.75 Å². The minimum absolute atomic E-state index is 0.199. The van der Waals surface area contributed by atoms with Crippen molar-refractivity contribution in [1.29, 1.82) is 0 Å². The summed E-state index contributed by atoms with van der Waals surface area (Å²) in [5.74, 6) is -0.449. The Morgan fingerprint density at radius 2 is 1.97 bits per heavy atom. The summed E-state index contributed by atoms with van der Waals surface area (Å²) >= 11 is 6.18. The van der Waals surface area contributed by atoms with Crippen LogP contribution < -0.4 is 19.6 Å². The molecule has 0 N–H and O–H groups in total. The van der Waals surface area contributed by atoms with Crippen molar-refractivity contribution < 1.29 is 23.8 Å². The molecule has 1 aromatic carbocycles. The summed E-state index contributed by atoms with van der Waals surface area (Å²) in [5.41, 5.74) is 1.41. The van der Waals surface area contributed by atoms with E-state index in [1.165, 1.54) is 22.7 Å². The molecule has 2 aromatic heterocycles. The Bertz CT molecular complexity index is 1500. The molecule has 3 heterocycles. The SMILES string of the molecule is CCOC(=O)COc1ccc(/C=c2\sc3n(c2=O)[C@H](c2cccs2)C(C(=O)OCC)=C(C)N=3)cc1Br. The van der Waals surface area contributed by atoms with E-state index in [1.54, 1.807) is 49.6 Å². The van der Waals surface area contributed by atoms with Gasteiger partial charge in [0.15, 0.2) is 11.4 Å². The van der Waals surface area contributed by atoms with Gasteiger partial charge in [0.1, 0.15) is 11.8 Å². The highest BCUT2D eigenvalue weighted by Gasteiger charge is 2.33. The Kier molecular flexibility index (Phi) is 8.22. The number of esters is 2. The zero-order chi connectivity index (χ0) is 25.8. The first-order chi connectivity index (χ1) is 17.3. The van der Waals surface area contributed by atoms with Crippen LogP contribution in [-0.4, -0.2) is 36.3 Å². The Hall–Kier alpha value is -3.02. The maximum absolute atomic E-state index is 13.6. The first-order valence-corrected chi connectivity index (χ1v) is 13.6. The fourth-order valence-electron chi connectivity index (χ4n) is 3.72. The van der Waals surface area contributed by atoms with Crippen LogP contribution in [0.1, 0.15) is 37.3 Å². The van der Waals surface area contributed by atoms with Gasteiger partial charge in [-0.15, -0.1) is 11.3 Å². The maximum Gasteiger partial charge on any atom is 0.344 e. The number of allylic oxidation sites excluding steroid dienone is 1. The fourth-order valence-corrected chi connectivity index (χ4v) is 6.10. The molecule has 0 amide bonds. The summed E-state index contributed by atoms with van der Waals surface area (Å²) in [5, 5.41) is 1.91. The summed E-state index contributed by atoms with van der Waals surface area (Å²) in [7, 11) is 0. The second kappa shape index (κ2) is 11.4. The van der Waals surface area contributed by atoms with Crippen molar-refractivity contribution in [2.45, 2.75) is 26.8 Å². The molecule has 36 heavy (non-hydrogen) atoms. The molecule has 3 aromatic rings. The first kappa shape index (κ1) is 26.1. The van der Waals surface area contributed by atoms with Crippen molar-refractivity contribution in [3.63, 3.8) is 0 Å². The van der Waals surface area contributed by atoms with Gasteiger partial charge in [0, 0.05) is 4.88 Å². The van der Waals surface area contributed by atoms with Gasteiger partial charge >= 0.3 is 11.9 Å². The van der Waals surface area contributed by atoms with E-state index in [4.69, 9.17) is 14.2 Å². The van der Waals surface area contributed by atoms with Gasteiger partial charge in [-0.2, -0.15) is 0 Å². The predicted octanol–water partition coefficient (Wildman–Crippen LogP) is 3.56. The molecule has 0 saturated carbocycles. The number of benzene rings is 1. The number of thiazole rings is 1. The highest BCUT2D eigenvalue weighted by Crippen LogP contribution is 2.33. The van der Waals surface area contributed by atoms with E-state index in [9.17, 15) is 14.4 Å². The van der Waals surface area contributed by atoms with Crippen LogP contribution in [0.25, 0.3) is 6.08 Å². The number of rotatable bonds is 8. The van der Waals surface area contributed by atoms with Crippen molar-refractivity contribution in [3.05, 3.63) is 81.6 Å². The number of hydrogen-bond donors (Lipinski definition) is 0. The standard InChI is InChI=1S/C25H23BrN2O6S2/c1-4-32-20(29)13-34-17-9-8-15(11-16(17)26)12-19-23(30)28-22(18-7-6-10-35-18)21(24(31)33-5-2)14(3)27-25(28)36-19/h6-12,22H,4-5,13H2,1-3H3/b19-12-/t22-/m1/s1. The van der Waals surface area contributed by atoms with Gasteiger partial charge in [0.2, 0.25) is 0 Å². The molecule has 0 unspecified atom stereocenters. The molecular weight excluding hydrogens is 568 g/mol. The fraction of sp³-hybridized carbons (Fsp3) is 0.280. The van der Waals surface area contributed by atoms with Crippen LogP contribution in [0.3, 0.4) is 0 Å². The molecule has 0 bridgehead atoms.